The van der Waals surface area contributed by atoms with Gasteiger partial charge in [-0.2, -0.15) is 0 Å². The number of aliphatic hydroxyl groups excluding tert-OH is 1. The maximum absolute atomic E-state index is 14.5. The highest BCUT2D eigenvalue weighted by atomic mass is 16.3. The molecule has 3 N–H and O–H groups in total. The first-order valence-corrected chi connectivity index (χ1v) is 12.3. The minimum Gasteiger partial charge on any atom is -0.510 e. The van der Waals surface area contributed by atoms with Gasteiger partial charge in [0.05, 0.1) is 22.2 Å². The monoisotopic (exact) mass is 472 g/mol. The van der Waals surface area contributed by atoms with Crippen LogP contribution in [0.4, 0.5) is 0 Å². The maximum Gasteiger partial charge on any atom is 0.184 e. The van der Waals surface area contributed by atoms with Crippen molar-refractivity contribution < 1.29 is 29.7 Å². The summed E-state index contributed by atoms with van der Waals surface area (Å²) in [6.45, 7) is 12.1. The zero-order valence-electron chi connectivity index (χ0n) is 21.6. The fourth-order valence-electron chi connectivity index (χ4n) is 6.71. The van der Waals surface area contributed by atoms with Crippen LogP contribution in [0.3, 0.4) is 0 Å². The van der Waals surface area contributed by atoms with E-state index in [0.29, 0.717) is 12.8 Å². The molecule has 0 unspecified atom stereocenters. The summed E-state index contributed by atoms with van der Waals surface area (Å²) in [7, 11) is 0. The Kier molecular flexibility index (Phi) is 6.68. The van der Waals surface area contributed by atoms with Gasteiger partial charge in [0.25, 0.3) is 0 Å². The second-order valence-electron chi connectivity index (χ2n) is 11.9. The van der Waals surface area contributed by atoms with Crippen molar-refractivity contribution in [3.8, 4) is 0 Å². The Bertz CT molecular complexity index is 980. The van der Waals surface area contributed by atoms with Gasteiger partial charge in [0.1, 0.15) is 11.2 Å². The molecule has 2 saturated carbocycles. The Morgan fingerprint density at radius 2 is 1.47 bits per heavy atom. The van der Waals surface area contributed by atoms with Crippen molar-refractivity contribution in [1.82, 2.24) is 0 Å². The van der Waals surface area contributed by atoms with Gasteiger partial charge in [-0.25, -0.2) is 0 Å². The lowest BCUT2D eigenvalue weighted by molar-refractivity contribution is -0.168. The predicted molar refractivity (Wildman–Crippen MR) is 130 cm³/mol. The Labute approximate surface area is 202 Å². The molecule has 1 spiro atoms. The molecule has 6 nitrogen and oxygen atoms in total. The van der Waals surface area contributed by atoms with E-state index in [-0.39, 0.29) is 37.2 Å². The third-order valence-electron chi connectivity index (χ3n) is 8.56. The van der Waals surface area contributed by atoms with Crippen LogP contribution in [0.15, 0.2) is 34.6 Å². The molecular weight excluding hydrogens is 432 g/mol. The fourth-order valence-corrected chi connectivity index (χ4v) is 6.71. The van der Waals surface area contributed by atoms with E-state index in [0.717, 1.165) is 11.1 Å². The normalized spacial score (nSPS) is 37.0. The first-order chi connectivity index (χ1) is 15.5. The van der Waals surface area contributed by atoms with Crippen LogP contribution < -0.4 is 0 Å². The van der Waals surface area contributed by atoms with Crippen molar-refractivity contribution in [3.05, 3.63) is 34.6 Å². The molecule has 0 saturated heterocycles. The number of fused-ring (bicyclic) bond motifs is 1. The van der Waals surface area contributed by atoms with Crippen LogP contribution in [0.2, 0.25) is 0 Å². The number of aliphatic hydroxyl groups is 3. The molecule has 0 aromatic carbocycles. The lowest BCUT2D eigenvalue weighted by Crippen LogP contribution is -2.62. The Morgan fingerprint density at radius 3 is 1.94 bits per heavy atom. The lowest BCUT2D eigenvalue weighted by atomic mass is 9.48. The summed E-state index contributed by atoms with van der Waals surface area (Å²) >= 11 is 0. The van der Waals surface area contributed by atoms with E-state index in [1.165, 1.54) is 6.92 Å². The summed E-state index contributed by atoms with van der Waals surface area (Å²) in [5, 5.41) is 34.1. The van der Waals surface area contributed by atoms with E-state index in [1.54, 1.807) is 13.8 Å². The first-order valence-electron chi connectivity index (χ1n) is 12.3. The molecule has 2 fully saturated rings. The number of hydrogen-bond donors (Lipinski definition) is 3. The largest absolute Gasteiger partial charge is 0.510 e. The molecule has 34 heavy (non-hydrogen) atoms. The Morgan fingerprint density at radius 1 is 0.941 bits per heavy atom. The van der Waals surface area contributed by atoms with Crippen molar-refractivity contribution in [3.63, 3.8) is 0 Å². The summed E-state index contributed by atoms with van der Waals surface area (Å²) in [6, 6.07) is 0. The average Bonchev–Trinajstić information content (AvgIpc) is 3.01. The van der Waals surface area contributed by atoms with Gasteiger partial charge in [0.15, 0.2) is 17.3 Å². The minimum atomic E-state index is -1.61. The highest BCUT2D eigenvalue weighted by Crippen LogP contribution is 2.63. The summed E-state index contributed by atoms with van der Waals surface area (Å²) in [5.41, 5.74) is -4.12. The molecule has 3 aliphatic rings. The van der Waals surface area contributed by atoms with Crippen LogP contribution in [0, 0.1) is 22.7 Å². The van der Waals surface area contributed by atoms with Crippen molar-refractivity contribution in [2.75, 3.05) is 0 Å². The second-order valence-corrected chi connectivity index (χ2v) is 11.9. The van der Waals surface area contributed by atoms with E-state index >= 15 is 0 Å². The van der Waals surface area contributed by atoms with Crippen molar-refractivity contribution in [1.29, 1.82) is 0 Å². The van der Waals surface area contributed by atoms with Crippen LogP contribution in [0.25, 0.3) is 0 Å². The maximum atomic E-state index is 14.5. The summed E-state index contributed by atoms with van der Waals surface area (Å²) < 4.78 is 0. The highest BCUT2D eigenvalue weighted by Gasteiger charge is 2.68. The van der Waals surface area contributed by atoms with Crippen molar-refractivity contribution >= 4 is 17.3 Å². The van der Waals surface area contributed by atoms with E-state index < -0.39 is 51.1 Å². The van der Waals surface area contributed by atoms with Crippen LogP contribution >= 0.6 is 0 Å². The molecule has 188 valence electrons. The number of rotatable bonds is 5. The summed E-state index contributed by atoms with van der Waals surface area (Å²) in [4.78, 5) is 41.1. The topological polar surface area (TPSA) is 112 Å². The minimum absolute atomic E-state index is 0.0859. The van der Waals surface area contributed by atoms with Gasteiger partial charge in [0.2, 0.25) is 0 Å². The molecule has 0 bridgehead atoms. The van der Waals surface area contributed by atoms with Gasteiger partial charge in [-0.05, 0) is 98.8 Å². The van der Waals surface area contributed by atoms with Gasteiger partial charge in [-0.1, -0.05) is 23.3 Å². The van der Waals surface area contributed by atoms with Crippen LogP contribution in [0.5, 0.6) is 0 Å². The molecular formula is C28H40O6. The van der Waals surface area contributed by atoms with Crippen LogP contribution in [0.1, 0.15) is 87.0 Å². The average molecular weight is 473 g/mol. The van der Waals surface area contributed by atoms with Gasteiger partial charge >= 0.3 is 0 Å². The first kappa shape index (κ1) is 26.6. The highest BCUT2D eigenvalue weighted by molar-refractivity contribution is 6.30. The molecule has 0 aromatic rings. The predicted octanol–water partition coefficient (Wildman–Crippen LogP) is 4.55. The van der Waals surface area contributed by atoms with Gasteiger partial charge in [0, 0.05) is 0 Å². The third-order valence-corrected chi connectivity index (χ3v) is 8.56. The van der Waals surface area contributed by atoms with E-state index in [2.05, 4.69) is 0 Å². The number of allylic oxidation sites excluding steroid dienone is 6. The van der Waals surface area contributed by atoms with Gasteiger partial charge < -0.3 is 15.3 Å². The zero-order valence-corrected chi connectivity index (χ0v) is 21.6. The zero-order chi connectivity index (χ0) is 25.9. The van der Waals surface area contributed by atoms with Crippen LogP contribution in [-0.2, 0) is 14.4 Å². The Hall–Kier alpha value is -2.05. The molecule has 3 rings (SSSR count). The van der Waals surface area contributed by atoms with E-state index in [4.69, 9.17) is 0 Å². The number of ketones is 3. The number of carbonyl (C=O) groups excluding carboxylic acids is 3. The van der Waals surface area contributed by atoms with E-state index in [9.17, 15) is 29.7 Å². The van der Waals surface area contributed by atoms with Crippen LogP contribution in [-0.4, -0.2) is 43.9 Å². The van der Waals surface area contributed by atoms with Gasteiger partial charge in [-0.15, -0.1) is 0 Å². The molecule has 0 aromatic heterocycles. The van der Waals surface area contributed by atoms with Crippen molar-refractivity contribution in [2.24, 2.45) is 22.7 Å². The standard InChI is InChI=1S/C28H40O6/c1-16(2)8-12-27(13-9-17(3)4)22(30)21(18(5)29)23(31)28(24(27)32)14-20-19(26(7,34)15-28)10-11-25(20,6)33/h8-9,19-20,31,33-34H,10-15H2,1-7H3/t19-,20+,25-,26+,28+/m1/s1. The lowest BCUT2D eigenvalue weighted by Gasteiger charge is -2.54. The molecule has 0 radical (unpaired) electrons. The van der Waals surface area contributed by atoms with Gasteiger partial charge in [-0.3, -0.25) is 14.4 Å². The Balaban J connectivity index is 2.33. The number of Topliss-reactive ketones (excluding diaryl/α,β-unsaturated/α-hetero) is 3. The smallest absolute Gasteiger partial charge is 0.184 e. The molecule has 3 aliphatic carbocycles. The summed E-state index contributed by atoms with van der Waals surface area (Å²) in [5.74, 6) is -2.91. The molecule has 0 aliphatic heterocycles. The summed E-state index contributed by atoms with van der Waals surface area (Å²) in [6.07, 6.45) is 4.98. The molecule has 0 heterocycles. The SMILES string of the molecule is CC(=O)C1=C(O)[C@@]2(C[C@H]3[C@@H](CC[C@@]3(C)O)[C@@](C)(O)C2)C(=O)C(CC=C(C)C)(CC=C(C)C)C1=O. The molecule has 6 heteroatoms. The third kappa shape index (κ3) is 4.03. The molecule has 5 atom stereocenters. The quantitative estimate of drug-likeness (QED) is 0.308. The second kappa shape index (κ2) is 8.56. The molecule has 0 amide bonds. The van der Waals surface area contributed by atoms with Crippen molar-refractivity contribution in [2.45, 2.75) is 98.2 Å². The number of carbonyl (C=O) groups is 3. The number of hydrogen-bond acceptors (Lipinski definition) is 6. The fraction of sp³-hybridized carbons (Fsp3) is 0.679. The van der Waals surface area contributed by atoms with E-state index in [1.807, 2.05) is 39.8 Å².